The molecule has 6 heteroatoms. The fourth-order valence-electron chi connectivity index (χ4n) is 1.41. The van der Waals surface area contributed by atoms with Gasteiger partial charge in [0.2, 0.25) is 5.95 Å². The average Bonchev–Trinajstić information content (AvgIpc) is 2.15. The van der Waals surface area contributed by atoms with Crippen molar-refractivity contribution in [2.75, 3.05) is 50.6 Å². The van der Waals surface area contributed by atoms with Gasteiger partial charge in [-0.05, 0) is 27.1 Å². The summed E-state index contributed by atoms with van der Waals surface area (Å²) >= 11 is 0. The molecule has 0 aromatic carbocycles. The van der Waals surface area contributed by atoms with Crippen LogP contribution in [0.3, 0.4) is 0 Å². The molecule has 1 aromatic heterocycles. The molecular weight excluding hydrogens is 204 g/mol. The molecule has 0 spiro atoms. The van der Waals surface area contributed by atoms with Crippen molar-refractivity contribution in [2.24, 2.45) is 0 Å². The van der Waals surface area contributed by atoms with E-state index in [0.29, 0.717) is 5.82 Å². The van der Waals surface area contributed by atoms with Gasteiger partial charge in [0.15, 0.2) is 0 Å². The van der Waals surface area contributed by atoms with Gasteiger partial charge in [-0.3, -0.25) is 0 Å². The Morgan fingerprint density at radius 2 is 1.81 bits per heavy atom. The third kappa shape index (κ3) is 3.90. The van der Waals surface area contributed by atoms with Gasteiger partial charge in [0.05, 0.1) is 0 Å². The van der Waals surface area contributed by atoms with Gasteiger partial charge in [0.25, 0.3) is 0 Å². The first-order valence-corrected chi connectivity index (χ1v) is 5.25. The van der Waals surface area contributed by atoms with Crippen molar-refractivity contribution in [3.8, 4) is 0 Å². The maximum atomic E-state index is 5.61. The third-order valence-electron chi connectivity index (χ3n) is 2.24. The summed E-state index contributed by atoms with van der Waals surface area (Å²) < 4.78 is 0. The van der Waals surface area contributed by atoms with Crippen LogP contribution in [0.5, 0.6) is 0 Å². The number of rotatable bonds is 5. The first-order valence-electron chi connectivity index (χ1n) is 5.25. The van der Waals surface area contributed by atoms with Crippen molar-refractivity contribution >= 4 is 17.6 Å². The number of nitrogen functional groups attached to an aromatic ring is 2. The van der Waals surface area contributed by atoms with Crippen molar-refractivity contribution in [2.45, 2.75) is 6.42 Å². The lowest BCUT2D eigenvalue weighted by molar-refractivity contribution is 0.401. The number of hydrogen-bond donors (Lipinski definition) is 2. The second-order valence-electron chi connectivity index (χ2n) is 4.09. The van der Waals surface area contributed by atoms with Gasteiger partial charge in [-0.25, -0.2) is 0 Å². The predicted molar refractivity (Wildman–Crippen MR) is 67.3 cm³/mol. The molecule has 0 atom stereocenters. The molecule has 1 rings (SSSR count). The molecule has 90 valence electrons. The SMILES string of the molecule is CN(C)CCCN(C)c1cc(N)nc(N)n1. The molecule has 6 nitrogen and oxygen atoms in total. The van der Waals surface area contributed by atoms with E-state index in [-0.39, 0.29) is 5.95 Å². The predicted octanol–water partition coefficient (Wildman–Crippen LogP) is 0.0289. The third-order valence-corrected chi connectivity index (χ3v) is 2.24. The molecule has 0 unspecified atom stereocenters. The quantitative estimate of drug-likeness (QED) is 0.734. The van der Waals surface area contributed by atoms with Gasteiger partial charge in [0, 0.05) is 19.7 Å². The minimum atomic E-state index is 0.217. The van der Waals surface area contributed by atoms with E-state index >= 15 is 0 Å². The number of aromatic nitrogens is 2. The normalized spacial score (nSPS) is 10.8. The Morgan fingerprint density at radius 1 is 1.12 bits per heavy atom. The summed E-state index contributed by atoms with van der Waals surface area (Å²) in [6.07, 6.45) is 1.06. The van der Waals surface area contributed by atoms with Crippen LogP contribution in [-0.2, 0) is 0 Å². The van der Waals surface area contributed by atoms with Gasteiger partial charge >= 0.3 is 0 Å². The molecule has 0 aliphatic heterocycles. The van der Waals surface area contributed by atoms with Gasteiger partial charge in [0.1, 0.15) is 11.6 Å². The highest BCUT2D eigenvalue weighted by atomic mass is 15.2. The molecule has 0 saturated carbocycles. The molecule has 0 bridgehead atoms. The lowest BCUT2D eigenvalue weighted by Crippen LogP contribution is -2.24. The summed E-state index contributed by atoms with van der Waals surface area (Å²) in [4.78, 5) is 12.1. The molecule has 0 fully saturated rings. The van der Waals surface area contributed by atoms with Crippen molar-refractivity contribution in [1.82, 2.24) is 14.9 Å². The second-order valence-corrected chi connectivity index (χ2v) is 4.09. The summed E-state index contributed by atoms with van der Waals surface area (Å²) in [6.45, 7) is 1.95. The van der Waals surface area contributed by atoms with Crippen LogP contribution in [0.25, 0.3) is 0 Å². The first-order chi connectivity index (χ1) is 7.49. The molecule has 0 amide bonds. The van der Waals surface area contributed by atoms with E-state index in [9.17, 15) is 0 Å². The van der Waals surface area contributed by atoms with Gasteiger partial charge in [-0.1, -0.05) is 0 Å². The Labute approximate surface area is 96.3 Å². The van der Waals surface area contributed by atoms with Crippen LogP contribution in [0.2, 0.25) is 0 Å². The van der Waals surface area contributed by atoms with E-state index in [1.54, 1.807) is 6.07 Å². The largest absolute Gasteiger partial charge is 0.383 e. The summed E-state index contributed by atoms with van der Waals surface area (Å²) in [5.41, 5.74) is 11.1. The zero-order chi connectivity index (χ0) is 12.1. The van der Waals surface area contributed by atoms with E-state index in [4.69, 9.17) is 11.5 Å². The molecule has 16 heavy (non-hydrogen) atoms. The molecule has 0 radical (unpaired) electrons. The van der Waals surface area contributed by atoms with Crippen LogP contribution in [0, 0.1) is 0 Å². The topological polar surface area (TPSA) is 84.3 Å². The zero-order valence-electron chi connectivity index (χ0n) is 10.1. The van der Waals surface area contributed by atoms with E-state index in [2.05, 4.69) is 29.0 Å². The van der Waals surface area contributed by atoms with Crippen molar-refractivity contribution in [1.29, 1.82) is 0 Å². The Kier molecular flexibility index (Phi) is 4.30. The van der Waals surface area contributed by atoms with E-state index in [1.807, 2.05) is 11.9 Å². The Hall–Kier alpha value is -1.56. The maximum Gasteiger partial charge on any atom is 0.223 e. The minimum absolute atomic E-state index is 0.217. The van der Waals surface area contributed by atoms with Crippen molar-refractivity contribution in [3.05, 3.63) is 6.07 Å². The summed E-state index contributed by atoms with van der Waals surface area (Å²) in [5, 5.41) is 0. The Morgan fingerprint density at radius 3 is 2.38 bits per heavy atom. The highest BCUT2D eigenvalue weighted by Crippen LogP contribution is 2.13. The highest BCUT2D eigenvalue weighted by molar-refractivity contribution is 5.49. The molecule has 0 aliphatic rings. The van der Waals surface area contributed by atoms with Crippen LogP contribution >= 0.6 is 0 Å². The first kappa shape index (κ1) is 12.5. The summed E-state index contributed by atoms with van der Waals surface area (Å²) in [7, 11) is 6.08. The minimum Gasteiger partial charge on any atom is -0.383 e. The highest BCUT2D eigenvalue weighted by Gasteiger charge is 2.05. The molecule has 0 saturated heterocycles. The van der Waals surface area contributed by atoms with E-state index < -0.39 is 0 Å². The Balaban J connectivity index is 2.55. The second kappa shape index (κ2) is 5.50. The molecule has 4 N–H and O–H groups in total. The molecular formula is C10H20N6. The van der Waals surface area contributed by atoms with Crippen LogP contribution in [-0.4, -0.2) is 49.1 Å². The molecule has 0 aliphatic carbocycles. The lowest BCUT2D eigenvalue weighted by atomic mass is 10.3. The monoisotopic (exact) mass is 224 g/mol. The van der Waals surface area contributed by atoms with Crippen LogP contribution in [0.15, 0.2) is 6.07 Å². The summed E-state index contributed by atoms with van der Waals surface area (Å²) in [6, 6.07) is 1.73. The lowest BCUT2D eigenvalue weighted by Gasteiger charge is -2.19. The van der Waals surface area contributed by atoms with E-state index in [1.165, 1.54) is 0 Å². The van der Waals surface area contributed by atoms with E-state index in [0.717, 1.165) is 25.3 Å². The number of anilines is 3. The summed E-state index contributed by atoms with van der Waals surface area (Å²) in [5.74, 6) is 1.39. The smallest absolute Gasteiger partial charge is 0.223 e. The number of nitrogens with two attached hydrogens (primary N) is 2. The maximum absolute atomic E-state index is 5.61. The zero-order valence-corrected chi connectivity index (χ0v) is 10.1. The van der Waals surface area contributed by atoms with Crippen molar-refractivity contribution < 1.29 is 0 Å². The molecule has 1 heterocycles. The molecule has 1 aromatic rings. The van der Waals surface area contributed by atoms with Crippen molar-refractivity contribution in [3.63, 3.8) is 0 Å². The number of hydrogen-bond acceptors (Lipinski definition) is 6. The van der Waals surface area contributed by atoms with Gasteiger partial charge in [-0.15, -0.1) is 0 Å². The standard InChI is InChI=1S/C10H20N6/c1-15(2)5-4-6-16(3)9-7-8(11)13-10(12)14-9/h7H,4-6H2,1-3H3,(H4,11,12,13,14). The van der Waals surface area contributed by atoms with Gasteiger partial charge < -0.3 is 21.3 Å². The average molecular weight is 224 g/mol. The van der Waals surface area contributed by atoms with Crippen LogP contribution < -0.4 is 16.4 Å². The van der Waals surface area contributed by atoms with Crippen LogP contribution in [0.1, 0.15) is 6.42 Å². The Bertz CT molecular complexity index is 318. The van der Waals surface area contributed by atoms with Gasteiger partial charge in [-0.2, -0.15) is 9.97 Å². The van der Waals surface area contributed by atoms with Crippen LogP contribution in [0.4, 0.5) is 17.6 Å². The fourth-order valence-corrected chi connectivity index (χ4v) is 1.41. The fraction of sp³-hybridized carbons (Fsp3) is 0.600. The number of nitrogens with zero attached hydrogens (tertiary/aromatic N) is 4.